The number of rotatable bonds is 6. The van der Waals surface area contributed by atoms with E-state index in [-0.39, 0.29) is 12.2 Å². The lowest BCUT2D eigenvalue weighted by molar-refractivity contribution is -0.138. The second kappa shape index (κ2) is 9.11. The van der Waals surface area contributed by atoms with Crippen LogP contribution in [0.1, 0.15) is 45.1 Å². The zero-order valence-electron chi connectivity index (χ0n) is 17.2. The number of esters is 1. The Morgan fingerprint density at radius 3 is 2.41 bits per heavy atom. The molecule has 0 fully saturated rings. The summed E-state index contributed by atoms with van der Waals surface area (Å²) < 4.78 is 44.4. The van der Waals surface area contributed by atoms with Gasteiger partial charge < -0.3 is 9.64 Å². The van der Waals surface area contributed by atoms with Crippen LogP contribution in [0.15, 0.2) is 35.3 Å². The number of ether oxygens (including phenoxy) is 1. The third-order valence-corrected chi connectivity index (χ3v) is 4.98. The highest BCUT2D eigenvalue weighted by atomic mass is 19.4. The van der Waals surface area contributed by atoms with Crippen molar-refractivity contribution in [2.24, 2.45) is 4.99 Å². The molecule has 0 aromatic heterocycles. The first-order valence-corrected chi connectivity index (χ1v) is 9.23. The molecule has 4 nitrogen and oxygen atoms in total. The van der Waals surface area contributed by atoms with Crippen molar-refractivity contribution in [2.45, 2.75) is 40.5 Å². The van der Waals surface area contributed by atoms with Crippen molar-refractivity contribution in [1.29, 1.82) is 0 Å². The maximum atomic E-state index is 13.0. The molecule has 0 unspecified atom stereocenters. The molecule has 0 bridgehead atoms. The van der Waals surface area contributed by atoms with Gasteiger partial charge in [0.15, 0.2) is 0 Å². The van der Waals surface area contributed by atoms with Crippen LogP contribution in [0.3, 0.4) is 0 Å². The first-order chi connectivity index (χ1) is 13.6. The van der Waals surface area contributed by atoms with E-state index >= 15 is 0 Å². The Morgan fingerprint density at radius 1 is 1.10 bits per heavy atom. The smallest absolute Gasteiger partial charge is 0.416 e. The van der Waals surface area contributed by atoms with Crippen LogP contribution in [-0.4, -0.2) is 30.8 Å². The summed E-state index contributed by atoms with van der Waals surface area (Å²) in [6, 6.07) is 7.21. The molecule has 2 rings (SSSR count). The highest BCUT2D eigenvalue weighted by Gasteiger charge is 2.32. The van der Waals surface area contributed by atoms with E-state index in [0.717, 1.165) is 29.4 Å². The normalized spacial score (nSPS) is 11.7. The average molecular weight is 406 g/mol. The summed E-state index contributed by atoms with van der Waals surface area (Å²) in [4.78, 5) is 18.9. The number of hydrogen-bond acceptors (Lipinski definition) is 3. The van der Waals surface area contributed by atoms with Crippen LogP contribution < -0.4 is 0 Å². The Labute approximate surface area is 169 Å². The fourth-order valence-electron chi connectivity index (χ4n) is 2.78. The van der Waals surface area contributed by atoms with Crippen molar-refractivity contribution in [3.05, 3.63) is 63.7 Å². The van der Waals surface area contributed by atoms with Gasteiger partial charge >= 0.3 is 12.1 Å². The maximum absolute atomic E-state index is 13.0. The van der Waals surface area contributed by atoms with Crippen molar-refractivity contribution in [1.82, 2.24) is 4.90 Å². The van der Waals surface area contributed by atoms with Crippen LogP contribution >= 0.6 is 0 Å². The topological polar surface area (TPSA) is 41.9 Å². The minimum absolute atomic E-state index is 0.0606. The molecule has 0 saturated heterocycles. The second-order valence-electron chi connectivity index (χ2n) is 6.86. The highest BCUT2D eigenvalue weighted by Crippen LogP contribution is 2.33. The Hall–Kier alpha value is -2.83. The lowest BCUT2D eigenvalue weighted by atomic mass is 10.0. The molecule has 0 amide bonds. The van der Waals surface area contributed by atoms with Gasteiger partial charge in [-0.15, -0.1) is 0 Å². The molecule has 0 spiro atoms. The van der Waals surface area contributed by atoms with Gasteiger partial charge in [0, 0.05) is 13.6 Å². The monoisotopic (exact) mass is 406 g/mol. The number of carbonyl (C=O) groups excluding carboxylic acids is 1. The highest BCUT2D eigenvalue weighted by molar-refractivity contribution is 5.92. The summed E-state index contributed by atoms with van der Waals surface area (Å²) in [5.41, 5.74) is 2.34. The summed E-state index contributed by atoms with van der Waals surface area (Å²) in [5.74, 6) is -0.580. The van der Waals surface area contributed by atoms with Crippen molar-refractivity contribution in [2.75, 3.05) is 13.6 Å². The van der Waals surface area contributed by atoms with E-state index in [4.69, 9.17) is 4.74 Å². The van der Waals surface area contributed by atoms with Crippen LogP contribution in [0.5, 0.6) is 0 Å². The predicted octanol–water partition coefficient (Wildman–Crippen LogP) is 5.60. The Balaban J connectivity index is 2.18. The van der Waals surface area contributed by atoms with Gasteiger partial charge in [0.25, 0.3) is 0 Å². The summed E-state index contributed by atoms with van der Waals surface area (Å²) in [6.07, 6.45) is -2.73. The van der Waals surface area contributed by atoms with Crippen molar-refractivity contribution >= 4 is 18.0 Å². The fraction of sp³-hybridized carbons (Fsp3) is 0.364. The second-order valence-corrected chi connectivity index (χ2v) is 6.86. The summed E-state index contributed by atoms with van der Waals surface area (Å²) in [5, 5.41) is 0. The molecular formula is C22H25F3N2O2. The molecule has 156 valence electrons. The van der Waals surface area contributed by atoms with Gasteiger partial charge in [-0.05, 0) is 68.1 Å². The number of alkyl halides is 3. The van der Waals surface area contributed by atoms with Gasteiger partial charge in [0.1, 0.15) is 6.61 Å². The quantitative estimate of drug-likeness (QED) is 0.356. The summed E-state index contributed by atoms with van der Waals surface area (Å²) >= 11 is 0. The van der Waals surface area contributed by atoms with E-state index in [1.165, 1.54) is 19.1 Å². The third kappa shape index (κ3) is 5.37. The molecule has 2 aromatic rings. The minimum atomic E-state index is -4.44. The van der Waals surface area contributed by atoms with Gasteiger partial charge in [-0.1, -0.05) is 12.1 Å². The summed E-state index contributed by atoms with van der Waals surface area (Å²) in [6.45, 7) is 7.64. The van der Waals surface area contributed by atoms with Gasteiger partial charge in [0.05, 0.1) is 23.2 Å². The summed E-state index contributed by atoms with van der Waals surface area (Å²) in [7, 11) is 1.91. The minimum Gasteiger partial charge on any atom is -0.457 e. The van der Waals surface area contributed by atoms with E-state index in [1.807, 2.05) is 25.8 Å². The van der Waals surface area contributed by atoms with Crippen molar-refractivity contribution in [3.63, 3.8) is 0 Å². The van der Waals surface area contributed by atoms with Crippen molar-refractivity contribution < 1.29 is 22.7 Å². The van der Waals surface area contributed by atoms with E-state index in [1.54, 1.807) is 25.4 Å². The molecule has 0 radical (unpaired) electrons. The van der Waals surface area contributed by atoms with Gasteiger partial charge in [-0.25, -0.2) is 9.79 Å². The zero-order valence-corrected chi connectivity index (χ0v) is 17.2. The molecule has 2 aromatic carbocycles. The van der Waals surface area contributed by atoms with Gasteiger partial charge in [-0.3, -0.25) is 0 Å². The van der Waals surface area contributed by atoms with E-state index in [9.17, 15) is 18.0 Å². The van der Waals surface area contributed by atoms with Crippen LogP contribution in [0, 0.1) is 20.8 Å². The van der Waals surface area contributed by atoms with Gasteiger partial charge in [-0.2, -0.15) is 13.2 Å². The Bertz CT molecular complexity index is 921. The van der Waals surface area contributed by atoms with Crippen molar-refractivity contribution in [3.8, 4) is 0 Å². The lowest BCUT2D eigenvalue weighted by Crippen LogP contribution is -2.14. The van der Waals surface area contributed by atoms with E-state index in [0.29, 0.717) is 11.1 Å². The number of benzene rings is 2. The molecule has 0 aliphatic rings. The maximum Gasteiger partial charge on any atom is 0.416 e. The molecular weight excluding hydrogens is 381 g/mol. The van der Waals surface area contributed by atoms with Crippen LogP contribution in [0.2, 0.25) is 0 Å². The SMILES string of the molecule is CCN(C)/C=N/c1ccc(C(=O)OCc2cccc(C(F)(F)F)c2C)c(C)c1C. The lowest BCUT2D eigenvalue weighted by Gasteiger charge is -2.15. The standard InChI is InChI=1S/C22H25F3N2O2/c1-6-27(5)13-26-20-11-10-18(14(2)15(20)3)21(28)29-12-17-8-7-9-19(16(17)4)22(23,24)25/h7-11,13H,6,12H2,1-5H3/b26-13+. The first-order valence-electron chi connectivity index (χ1n) is 9.23. The molecule has 7 heteroatoms. The van der Waals surface area contributed by atoms with Crippen LogP contribution in [-0.2, 0) is 17.5 Å². The number of nitrogens with zero attached hydrogens (tertiary/aromatic N) is 2. The third-order valence-electron chi connectivity index (χ3n) is 4.98. The van der Waals surface area contributed by atoms with E-state index < -0.39 is 17.7 Å². The molecule has 0 aliphatic heterocycles. The molecule has 0 N–H and O–H groups in total. The number of carbonyl (C=O) groups is 1. The Kier molecular flexibility index (Phi) is 7.06. The number of hydrogen-bond donors (Lipinski definition) is 0. The average Bonchev–Trinajstić information content (AvgIpc) is 2.66. The molecule has 29 heavy (non-hydrogen) atoms. The van der Waals surface area contributed by atoms with E-state index in [2.05, 4.69) is 4.99 Å². The number of aliphatic imine (C=N–C) groups is 1. The molecule has 0 atom stereocenters. The predicted molar refractivity (Wildman–Crippen MR) is 108 cm³/mol. The zero-order chi connectivity index (χ0) is 21.8. The fourth-order valence-corrected chi connectivity index (χ4v) is 2.78. The molecule has 0 heterocycles. The Morgan fingerprint density at radius 2 is 1.79 bits per heavy atom. The molecule has 0 aliphatic carbocycles. The molecule has 0 saturated carbocycles. The van der Waals surface area contributed by atoms with Crippen LogP contribution in [0.25, 0.3) is 0 Å². The number of halogens is 3. The van der Waals surface area contributed by atoms with Crippen LogP contribution in [0.4, 0.5) is 18.9 Å². The first kappa shape index (κ1) is 22.5. The van der Waals surface area contributed by atoms with Gasteiger partial charge in [0.2, 0.25) is 0 Å². The largest absolute Gasteiger partial charge is 0.457 e.